The molecule has 6 nitrogen and oxygen atoms in total. The molecule has 130 valence electrons. The fourth-order valence-corrected chi connectivity index (χ4v) is 2.18. The van der Waals surface area contributed by atoms with Gasteiger partial charge in [0.05, 0.1) is 4.92 Å². The molecule has 0 aliphatic rings. The molecule has 0 saturated heterocycles. The van der Waals surface area contributed by atoms with E-state index in [0.29, 0.717) is 18.5 Å². The minimum absolute atomic E-state index is 0.102. The molecule has 0 saturated carbocycles. The Hall–Kier alpha value is -3.15. The van der Waals surface area contributed by atoms with Gasteiger partial charge >= 0.3 is 6.09 Å². The zero-order chi connectivity index (χ0) is 18.1. The van der Waals surface area contributed by atoms with Crippen molar-refractivity contribution in [3.8, 4) is 0 Å². The molecule has 0 unspecified atom stereocenters. The van der Waals surface area contributed by atoms with Crippen LogP contribution in [-0.2, 0) is 11.3 Å². The summed E-state index contributed by atoms with van der Waals surface area (Å²) in [5.41, 5.74) is 2.41. The summed E-state index contributed by atoms with van der Waals surface area (Å²) in [6.45, 7) is 2.37. The molecule has 0 aromatic heterocycles. The van der Waals surface area contributed by atoms with E-state index in [4.69, 9.17) is 4.74 Å². The molecule has 25 heavy (non-hydrogen) atoms. The first-order chi connectivity index (χ1) is 12.1. The summed E-state index contributed by atoms with van der Waals surface area (Å²) in [6.07, 6.45) is 3.78. The maximum absolute atomic E-state index is 11.6. The summed E-state index contributed by atoms with van der Waals surface area (Å²) in [4.78, 5) is 22.1. The molecule has 0 spiro atoms. The number of ether oxygens (including phenoxy) is 1. The van der Waals surface area contributed by atoms with Crippen LogP contribution >= 0.6 is 0 Å². The molecule has 2 aromatic rings. The molecule has 0 aliphatic carbocycles. The Kier molecular flexibility index (Phi) is 6.71. The number of hydrogen-bond donors (Lipinski definition) is 1. The molecule has 0 bridgehead atoms. The third kappa shape index (κ3) is 6.10. The molecule has 0 radical (unpaired) electrons. The highest BCUT2D eigenvalue weighted by Crippen LogP contribution is 2.20. The molecule has 6 heteroatoms. The lowest BCUT2D eigenvalue weighted by Crippen LogP contribution is -2.24. The van der Waals surface area contributed by atoms with Crippen molar-refractivity contribution < 1.29 is 14.5 Å². The highest BCUT2D eigenvalue weighted by Gasteiger charge is 2.09. The first kappa shape index (κ1) is 18.2. The van der Waals surface area contributed by atoms with Gasteiger partial charge in [-0.3, -0.25) is 10.1 Å². The summed E-state index contributed by atoms with van der Waals surface area (Å²) in [5, 5.41) is 13.6. The van der Waals surface area contributed by atoms with Crippen LogP contribution in [0, 0.1) is 17.0 Å². The van der Waals surface area contributed by atoms with Gasteiger partial charge in [0.1, 0.15) is 6.61 Å². The summed E-state index contributed by atoms with van der Waals surface area (Å²) < 4.78 is 5.10. The second-order valence-electron chi connectivity index (χ2n) is 5.48. The van der Waals surface area contributed by atoms with Crippen LogP contribution < -0.4 is 5.32 Å². The van der Waals surface area contributed by atoms with Gasteiger partial charge in [-0.1, -0.05) is 54.6 Å². The number of aryl methyl sites for hydroxylation is 1. The standard InChI is InChI=1S/C19H20N2O4/c1-15-10-11-16(13-18(15)21(23)24)7-5-6-12-20-19(22)25-14-17-8-3-2-4-9-17/h2-5,7-11,13H,6,12,14H2,1H3,(H,20,22). The zero-order valence-electron chi connectivity index (χ0n) is 14.0. The van der Waals surface area contributed by atoms with E-state index < -0.39 is 11.0 Å². The molecule has 0 atom stereocenters. The fraction of sp³-hybridized carbons (Fsp3) is 0.211. The van der Waals surface area contributed by atoms with Gasteiger partial charge < -0.3 is 10.1 Å². The van der Waals surface area contributed by atoms with E-state index in [9.17, 15) is 14.9 Å². The van der Waals surface area contributed by atoms with Crippen molar-refractivity contribution in [3.05, 3.63) is 81.4 Å². The van der Waals surface area contributed by atoms with Gasteiger partial charge in [-0.15, -0.1) is 0 Å². The van der Waals surface area contributed by atoms with Crippen LogP contribution in [0.15, 0.2) is 54.6 Å². The quantitative estimate of drug-likeness (QED) is 0.464. The van der Waals surface area contributed by atoms with Gasteiger partial charge in [-0.2, -0.15) is 0 Å². The van der Waals surface area contributed by atoms with Gasteiger partial charge in [-0.25, -0.2) is 4.79 Å². The van der Waals surface area contributed by atoms with Crippen LogP contribution in [0.4, 0.5) is 10.5 Å². The number of nitro benzene ring substituents is 1. The third-order valence-electron chi connectivity index (χ3n) is 3.53. The monoisotopic (exact) mass is 340 g/mol. The summed E-state index contributed by atoms with van der Waals surface area (Å²) >= 11 is 0. The second-order valence-corrected chi connectivity index (χ2v) is 5.48. The van der Waals surface area contributed by atoms with Crippen molar-refractivity contribution in [3.63, 3.8) is 0 Å². The van der Waals surface area contributed by atoms with Crippen LogP contribution in [0.1, 0.15) is 23.1 Å². The smallest absolute Gasteiger partial charge is 0.407 e. The van der Waals surface area contributed by atoms with Crippen molar-refractivity contribution in [1.29, 1.82) is 0 Å². The molecule has 0 aliphatic heterocycles. The molecule has 0 heterocycles. The van der Waals surface area contributed by atoms with Gasteiger partial charge in [0.25, 0.3) is 5.69 Å². The minimum Gasteiger partial charge on any atom is -0.445 e. The Morgan fingerprint density at radius 1 is 1.24 bits per heavy atom. The fourth-order valence-electron chi connectivity index (χ4n) is 2.18. The maximum Gasteiger partial charge on any atom is 0.407 e. The van der Waals surface area contributed by atoms with E-state index in [1.807, 2.05) is 42.5 Å². The Morgan fingerprint density at radius 2 is 2.00 bits per heavy atom. The van der Waals surface area contributed by atoms with Crippen molar-refractivity contribution in [2.24, 2.45) is 0 Å². The number of nitrogens with one attached hydrogen (secondary N) is 1. The number of carbonyl (C=O) groups is 1. The number of nitro groups is 1. The first-order valence-electron chi connectivity index (χ1n) is 7.92. The molecule has 2 aromatic carbocycles. The number of hydrogen-bond acceptors (Lipinski definition) is 4. The van der Waals surface area contributed by atoms with Crippen LogP contribution in [-0.4, -0.2) is 17.6 Å². The van der Waals surface area contributed by atoms with Crippen LogP contribution in [0.2, 0.25) is 0 Å². The largest absolute Gasteiger partial charge is 0.445 e. The number of benzene rings is 2. The number of alkyl carbamates (subject to hydrolysis) is 1. The Labute approximate surface area is 146 Å². The van der Waals surface area contributed by atoms with Gasteiger partial charge in [0.15, 0.2) is 0 Å². The SMILES string of the molecule is Cc1ccc(C=CCCNC(=O)OCc2ccccc2)cc1[N+](=O)[O-]. The average Bonchev–Trinajstić information content (AvgIpc) is 2.61. The number of nitrogens with zero attached hydrogens (tertiary/aromatic N) is 1. The molecule has 0 fully saturated rings. The van der Waals surface area contributed by atoms with Crippen molar-refractivity contribution >= 4 is 17.9 Å². The Morgan fingerprint density at radius 3 is 2.72 bits per heavy atom. The third-order valence-corrected chi connectivity index (χ3v) is 3.53. The lowest BCUT2D eigenvalue weighted by Gasteiger charge is -2.05. The number of carbonyl (C=O) groups excluding carboxylic acids is 1. The molecule has 2 rings (SSSR count). The minimum atomic E-state index is -0.469. The number of amides is 1. The normalized spacial score (nSPS) is 10.6. The molecule has 1 N–H and O–H groups in total. The van der Waals surface area contributed by atoms with E-state index in [1.54, 1.807) is 19.1 Å². The average molecular weight is 340 g/mol. The van der Waals surface area contributed by atoms with E-state index >= 15 is 0 Å². The second kappa shape index (κ2) is 9.22. The van der Waals surface area contributed by atoms with Crippen LogP contribution in [0.5, 0.6) is 0 Å². The predicted octanol–water partition coefficient (Wildman–Crippen LogP) is 4.23. The van der Waals surface area contributed by atoms with Gasteiger partial charge in [0, 0.05) is 18.2 Å². The molecular weight excluding hydrogens is 320 g/mol. The lowest BCUT2D eigenvalue weighted by atomic mass is 10.1. The van der Waals surface area contributed by atoms with E-state index in [2.05, 4.69) is 5.32 Å². The van der Waals surface area contributed by atoms with Gasteiger partial charge in [0.2, 0.25) is 0 Å². The summed E-state index contributed by atoms with van der Waals surface area (Å²) in [5.74, 6) is 0. The van der Waals surface area contributed by atoms with Crippen molar-refractivity contribution in [2.45, 2.75) is 20.0 Å². The van der Waals surface area contributed by atoms with E-state index in [-0.39, 0.29) is 12.3 Å². The summed E-state index contributed by atoms with van der Waals surface area (Å²) in [7, 11) is 0. The molecule has 1 amide bonds. The van der Waals surface area contributed by atoms with Crippen molar-refractivity contribution in [2.75, 3.05) is 6.54 Å². The first-order valence-corrected chi connectivity index (χ1v) is 7.92. The number of rotatable bonds is 7. The van der Waals surface area contributed by atoms with Crippen LogP contribution in [0.25, 0.3) is 6.08 Å². The van der Waals surface area contributed by atoms with Crippen molar-refractivity contribution in [1.82, 2.24) is 5.32 Å². The van der Waals surface area contributed by atoms with E-state index in [1.165, 1.54) is 6.07 Å². The maximum atomic E-state index is 11.6. The highest BCUT2D eigenvalue weighted by atomic mass is 16.6. The zero-order valence-corrected chi connectivity index (χ0v) is 14.0. The van der Waals surface area contributed by atoms with E-state index in [0.717, 1.165) is 11.1 Å². The summed E-state index contributed by atoms with van der Waals surface area (Å²) in [6, 6.07) is 14.5. The Balaban J connectivity index is 1.72. The predicted molar refractivity (Wildman–Crippen MR) is 96.1 cm³/mol. The lowest BCUT2D eigenvalue weighted by molar-refractivity contribution is -0.385. The molecular formula is C19H20N2O4. The Bertz CT molecular complexity index is 757. The topological polar surface area (TPSA) is 81.5 Å². The van der Waals surface area contributed by atoms with Crippen LogP contribution in [0.3, 0.4) is 0 Å². The van der Waals surface area contributed by atoms with Gasteiger partial charge in [-0.05, 0) is 24.5 Å². The highest BCUT2D eigenvalue weighted by molar-refractivity contribution is 5.67.